The van der Waals surface area contributed by atoms with Crippen LogP contribution in [0, 0.1) is 0 Å². The molecule has 0 aliphatic carbocycles. The van der Waals surface area contributed by atoms with Gasteiger partial charge in [0, 0.05) is 13.1 Å². The summed E-state index contributed by atoms with van der Waals surface area (Å²) in [7, 11) is 0. The highest BCUT2D eigenvalue weighted by Crippen LogP contribution is 2.04. The van der Waals surface area contributed by atoms with Gasteiger partial charge in [-0.2, -0.15) is 0 Å². The van der Waals surface area contributed by atoms with Gasteiger partial charge in [0.25, 0.3) is 0 Å². The Morgan fingerprint density at radius 3 is 2.21 bits per heavy atom. The molecule has 84 valence electrons. The van der Waals surface area contributed by atoms with E-state index in [1.54, 1.807) is 4.90 Å². The highest BCUT2D eigenvalue weighted by molar-refractivity contribution is 5.81. The average Bonchev–Trinajstić information content (AvgIpc) is 2.19. The summed E-state index contributed by atoms with van der Waals surface area (Å²) < 4.78 is 0. The first-order chi connectivity index (χ1) is 6.67. The fourth-order valence-corrected chi connectivity index (χ4v) is 1.51. The number of carbonyl (C=O) groups excluding carboxylic acids is 1. The molecule has 0 heterocycles. The first-order valence-electron chi connectivity index (χ1n) is 5.71. The van der Waals surface area contributed by atoms with Crippen LogP contribution < -0.4 is 5.73 Å². The fraction of sp³-hybridized carbons (Fsp3) is 0.909. The molecular weight excluding hydrogens is 176 g/mol. The van der Waals surface area contributed by atoms with Gasteiger partial charge < -0.3 is 10.6 Å². The van der Waals surface area contributed by atoms with Crippen LogP contribution in [0.1, 0.15) is 46.5 Å². The Balaban J connectivity index is 3.84. The molecule has 0 aliphatic heterocycles. The van der Waals surface area contributed by atoms with Gasteiger partial charge >= 0.3 is 0 Å². The first-order valence-corrected chi connectivity index (χ1v) is 5.71. The van der Waals surface area contributed by atoms with Crippen molar-refractivity contribution in [3.63, 3.8) is 0 Å². The summed E-state index contributed by atoms with van der Waals surface area (Å²) in [4.78, 5) is 13.5. The lowest BCUT2D eigenvalue weighted by Crippen LogP contribution is -2.43. The van der Waals surface area contributed by atoms with Crippen LogP contribution in [0.4, 0.5) is 0 Å². The summed E-state index contributed by atoms with van der Waals surface area (Å²) >= 11 is 0. The maximum Gasteiger partial charge on any atom is 0.239 e. The Hall–Kier alpha value is -0.570. The molecular formula is C11H24N2O. The third-order valence-corrected chi connectivity index (χ3v) is 2.51. The first kappa shape index (κ1) is 13.4. The van der Waals surface area contributed by atoms with Crippen molar-refractivity contribution in [3.05, 3.63) is 0 Å². The minimum absolute atomic E-state index is 0.103. The second kappa shape index (κ2) is 7.80. The molecule has 0 rings (SSSR count). The number of likely N-dealkylation sites (N-methyl/N-ethyl adjacent to an activating group) is 1. The molecule has 0 bridgehead atoms. The number of amides is 1. The van der Waals surface area contributed by atoms with Crippen LogP contribution in [0.2, 0.25) is 0 Å². The van der Waals surface area contributed by atoms with Crippen molar-refractivity contribution in [2.45, 2.75) is 52.5 Å². The van der Waals surface area contributed by atoms with Crippen LogP contribution >= 0.6 is 0 Å². The van der Waals surface area contributed by atoms with Crippen LogP contribution in [0.15, 0.2) is 0 Å². The van der Waals surface area contributed by atoms with E-state index in [9.17, 15) is 4.79 Å². The highest BCUT2D eigenvalue weighted by atomic mass is 16.2. The van der Waals surface area contributed by atoms with Crippen LogP contribution in [-0.2, 0) is 4.79 Å². The van der Waals surface area contributed by atoms with Crippen molar-refractivity contribution >= 4 is 5.91 Å². The quantitative estimate of drug-likeness (QED) is 0.637. The molecule has 2 N–H and O–H groups in total. The van der Waals surface area contributed by atoms with Crippen molar-refractivity contribution < 1.29 is 4.79 Å². The van der Waals surface area contributed by atoms with E-state index in [0.717, 1.165) is 25.9 Å². The third kappa shape index (κ3) is 4.61. The molecule has 0 fully saturated rings. The van der Waals surface area contributed by atoms with Gasteiger partial charge in [0.15, 0.2) is 0 Å². The summed E-state index contributed by atoms with van der Waals surface area (Å²) in [5, 5.41) is 0. The maximum atomic E-state index is 11.7. The number of carbonyl (C=O) groups is 1. The molecule has 0 saturated heterocycles. The largest absolute Gasteiger partial charge is 0.342 e. The molecule has 0 aliphatic rings. The van der Waals surface area contributed by atoms with Gasteiger partial charge in [-0.3, -0.25) is 4.79 Å². The van der Waals surface area contributed by atoms with E-state index < -0.39 is 0 Å². The Morgan fingerprint density at radius 2 is 1.79 bits per heavy atom. The molecule has 0 aromatic heterocycles. The number of hydrogen-bond acceptors (Lipinski definition) is 2. The highest BCUT2D eigenvalue weighted by Gasteiger charge is 2.17. The summed E-state index contributed by atoms with van der Waals surface area (Å²) in [6.45, 7) is 7.64. The average molecular weight is 200 g/mol. The predicted molar refractivity (Wildman–Crippen MR) is 60.0 cm³/mol. The Bertz CT molecular complexity index is 155. The minimum Gasteiger partial charge on any atom is -0.342 e. The summed E-state index contributed by atoms with van der Waals surface area (Å²) in [5.41, 5.74) is 5.82. The molecule has 1 amide bonds. The molecule has 3 nitrogen and oxygen atoms in total. The summed E-state index contributed by atoms with van der Waals surface area (Å²) in [5.74, 6) is 0.103. The van der Waals surface area contributed by atoms with Crippen LogP contribution in [0.5, 0.6) is 0 Å². The Labute approximate surface area is 87.6 Å². The normalized spacial score (nSPS) is 12.6. The van der Waals surface area contributed by atoms with Gasteiger partial charge in [-0.05, 0) is 20.3 Å². The molecule has 1 atom stereocenters. The van der Waals surface area contributed by atoms with E-state index in [0.29, 0.717) is 0 Å². The second-order valence-corrected chi connectivity index (χ2v) is 3.61. The smallest absolute Gasteiger partial charge is 0.239 e. The summed E-state index contributed by atoms with van der Waals surface area (Å²) in [6, 6.07) is -0.290. The molecule has 1 unspecified atom stereocenters. The standard InChI is InChI=1S/C11H24N2O/c1-4-7-8-9-10(12)11(14)13(5-2)6-3/h10H,4-9,12H2,1-3H3. The third-order valence-electron chi connectivity index (χ3n) is 2.51. The van der Waals surface area contributed by atoms with Crippen molar-refractivity contribution in [1.29, 1.82) is 0 Å². The lowest BCUT2D eigenvalue weighted by molar-refractivity contribution is -0.132. The number of rotatable bonds is 7. The second-order valence-electron chi connectivity index (χ2n) is 3.61. The Kier molecular flexibility index (Phi) is 7.48. The zero-order chi connectivity index (χ0) is 11.0. The van der Waals surface area contributed by atoms with E-state index in [-0.39, 0.29) is 11.9 Å². The minimum atomic E-state index is -0.290. The van der Waals surface area contributed by atoms with Crippen molar-refractivity contribution in [3.8, 4) is 0 Å². The van der Waals surface area contributed by atoms with E-state index in [2.05, 4.69) is 6.92 Å². The van der Waals surface area contributed by atoms with Crippen LogP contribution in [-0.4, -0.2) is 29.9 Å². The van der Waals surface area contributed by atoms with Gasteiger partial charge in [-0.1, -0.05) is 26.2 Å². The van der Waals surface area contributed by atoms with Gasteiger partial charge in [-0.25, -0.2) is 0 Å². The van der Waals surface area contributed by atoms with Crippen LogP contribution in [0.3, 0.4) is 0 Å². The SMILES string of the molecule is CCCCCC(N)C(=O)N(CC)CC. The van der Waals surface area contributed by atoms with Gasteiger partial charge in [0.1, 0.15) is 0 Å². The van der Waals surface area contributed by atoms with Crippen molar-refractivity contribution in [2.75, 3.05) is 13.1 Å². The number of nitrogens with zero attached hydrogens (tertiary/aromatic N) is 1. The zero-order valence-electron chi connectivity index (χ0n) is 9.75. The molecule has 14 heavy (non-hydrogen) atoms. The molecule has 0 aromatic rings. The zero-order valence-corrected chi connectivity index (χ0v) is 9.75. The molecule has 0 saturated carbocycles. The van der Waals surface area contributed by atoms with E-state index in [4.69, 9.17) is 5.73 Å². The summed E-state index contributed by atoms with van der Waals surface area (Å²) in [6.07, 6.45) is 4.22. The number of nitrogens with two attached hydrogens (primary N) is 1. The maximum absolute atomic E-state index is 11.7. The molecule has 0 aromatic carbocycles. The lowest BCUT2D eigenvalue weighted by Gasteiger charge is -2.22. The molecule has 3 heteroatoms. The van der Waals surface area contributed by atoms with Crippen molar-refractivity contribution in [1.82, 2.24) is 4.90 Å². The molecule has 0 radical (unpaired) electrons. The van der Waals surface area contributed by atoms with Crippen LogP contribution in [0.25, 0.3) is 0 Å². The number of unbranched alkanes of at least 4 members (excludes halogenated alkanes) is 2. The van der Waals surface area contributed by atoms with Gasteiger partial charge in [-0.15, -0.1) is 0 Å². The van der Waals surface area contributed by atoms with E-state index in [1.165, 1.54) is 12.8 Å². The van der Waals surface area contributed by atoms with Gasteiger partial charge in [0.05, 0.1) is 6.04 Å². The van der Waals surface area contributed by atoms with Crippen molar-refractivity contribution in [2.24, 2.45) is 5.73 Å². The lowest BCUT2D eigenvalue weighted by atomic mass is 10.1. The molecule has 0 spiro atoms. The van der Waals surface area contributed by atoms with Gasteiger partial charge in [0.2, 0.25) is 5.91 Å². The number of hydrogen-bond donors (Lipinski definition) is 1. The predicted octanol–water partition coefficient (Wildman–Crippen LogP) is 1.76. The Morgan fingerprint density at radius 1 is 1.21 bits per heavy atom. The van der Waals surface area contributed by atoms with E-state index >= 15 is 0 Å². The fourth-order valence-electron chi connectivity index (χ4n) is 1.51. The monoisotopic (exact) mass is 200 g/mol. The van der Waals surface area contributed by atoms with E-state index in [1.807, 2.05) is 13.8 Å². The topological polar surface area (TPSA) is 46.3 Å².